The number of imidazole rings is 1. The van der Waals surface area contributed by atoms with Crippen LogP contribution >= 0.6 is 12.6 Å². The van der Waals surface area contributed by atoms with Gasteiger partial charge < -0.3 is 33.4 Å². The van der Waals surface area contributed by atoms with Crippen LogP contribution in [0.4, 0.5) is 0 Å². The highest BCUT2D eigenvalue weighted by molar-refractivity contribution is 7.80. The van der Waals surface area contributed by atoms with Crippen LogP contribution in [0.1, 0.15) is 0 Å². The van der Waals surface area contributed by atoms with Gasteiger partial charge in [-0.2, -0.15) is 0 Å². The minimum absolute atomic E-state index is 0.0487. The zero-order valence-electron chi connectivity index (χ0n) is 18.1. The Morgan fingerprint density at radius 3 is 2.00 bits per heavy atom. The maximum Gasteiger partial charge on any atom is 0.203 e. The molecular weight excluding hydrogens is 420 g/mol. The summed E-state index contributed by atoms with van der Waals surface area (Å²) in [5.74, 6) is 2.59. The van der Waals surface area contributed by atoms with Crippen molar-refractivity contribution in [1.29, 1.82) is 0 Å². The van der Waals surface area contributed by atoms with Gasteiger partial charge in [0.2, 0.25) is 5.75 Å². The number of aromatic nitrogens is 2. The summed E-state index contributed by atoms with van der Waals surface area (Å²) >= 11 is 4.68. The standard InChI is InChI=1S/C22H26N2O6S/c1-26-15-7-6-14(22(31)21(15)30-5)18-19(24(8-9-25)12-23-18)13-10-16(27-2)20(29-4)17(11-13)28-3/h6-7,10-12,25,31H,8-9H2,1-5H3. The Balaban J connectivity index is 2.30. The number of ether oxygens (including phenoxy) is 5. The molecule has 0 aliphatic carbocycles. The predicted molar refractivity (Wildman–Crippen MR) is 120 cm³/mol. The van der Waals surface area contributed by atoms with Crippen molar-refractivity contribution < 1.29 is 28.8 Å². The lowest BCUT2D eigenvalue weighted by Crippen LogP contribution is -2.04. The Kier molecular flexibility index (Phi) is 7.19. The van der Waals surface area contributed by atoms with Crippen LogP contribution in [0.2, 0.25) is 0 Å². The monoisotopic (exact) mass is 446 g/mol. The third-order valence-corrected chi connectivity index (χ3v) is 5.34. The van der Waals surface area contributed by atoms with Crippen LogP contribution in [0.25, 0.3) is 22.5 Å². The Morgan fingerprint density at radius 2 is 1.48 bits per heavy atom. The second-order valence-electron chi connectivity index (χ2n) is 6.47. The van der Waals surface area contributed by atoms with Crippen molar-refractivity contribution in [3.8, 4) is 51.3 Å². The van der Waals surface area contributed by atoms with Gasteiger partial charge in [0.25, 0.3) is 0 Å². The summed E-state index contributed by atoms with van der Waals surface area (Å²) in [6, 6.07) is 7.36. The van der Waals surface area contributed by atoms with Gasteiger partial charge >= 0.3 is 0 Å². The fraction of sp³-hybridized carbons (Fsp3) is 0.318. The molecule has 2 aromatic carbocycles. The van der Waals surface area contributed by atoms with Crippen molar-refractivity contribution in [2.24, 2.45) is 0 Å². The van der Waals surface area contributed by atoms with E-state index in [0.717, 1.165) is 16.8 Å². The van der Waals surface area contributed by atoms with Gasteiger partial charge in [0.05, 0.1) is 64.8 Å². The quantitative estimate of drug-likeness (QED) is 0.487. The molecule has 0 unspecified atom stereocenters. The number of thiol groups is 1. The number of rotatable bonds is 9. The molecule has 8 nitrogen and oxygen atoms in total. The second-order valence-corrected chi connectivity index (χ2v) is 6.92. The maximum absolute atomic E-state index is 9.59. The second kappa shape index (κ2) is 9.84. The van der Waals surface area contributed by atoms with E-state index in [1.165, 1.54) is 0 Å². The van der Waals surface area contributed by atoms with E-state index in [2.05, 4.69) is 17.6 Å². The molecule has 0 bridgehead atoms. The van der Waals surface area contributed by atoms with Crippen molar-refractivity contribution in [3.05, 3.63) is 30.6 Å². The van der Waals surface area contributed by atoms with E-state index in [1.54, 1.807) is 47.9 Å². The first kappa shape index (κ1) is 22.6. The van der Waals surface area contributed by atoms with Crippen molar-refractivity contribution in [1.82, 2.24) is 9.55 Å². The number of nitrogens with zero attached hydrogens (tertiary/aromatic N) is 2. The molecule has 3 aromatic rings. The van der Waals surface area contributed by atoms with E-state index in [-0.39, 0.29) is 6.61 Å². The number of benzene rings is 2. The lowest BCUT2D eigenvalue weighted by Gasteiger charge is -2.17. The number of hydrogen-bond acceptors (Lipinski definition) is 8. The van der Waals surface area contributed by atoms with Gasteiger partial charge in [0.15, 0.2) is 23.0 Å². The van der Waals surface area contributed by atoms with Crippen molar-refractivity contribution in [3.63, 3.8) is 0 Å². The van der Waals surface area contributed by atoms with E-state index in [9.17, 15) is 5.11 Å². The molecule has 3 rings (SSSR count). The van der Waals surface area contributed by atoms with E-state index in [1.807, 2.05) is 22.8 Å². The van der Waals surface area contributed by atoms with Gasteiger partial charge in [0, 0.05) is 17.7 Å². The number of aliphatic hydroxyl groups excluding tert-OH is 1. The van der Waals surface area contributed by atoms with Crippen LogP contribution < -0.4 is 23.7 Å². The smallest absolute Gasteiger partial charge is 0.203 e. The van der Waals surface area contributed by atoms with Gasteiger partial charge in [-0.25, -0.2) is 4.98 Å². The van der Waals surface area contributed by atoms with Gasteiger partial charge in [-0.1, -0.05) is 0 Å². The van der Waals surface area contributed by atoms with E-state index in [0.29, 0.717) is 45.9 Å². The zero-order chi connectivity index (χ0) is 22.5. The summed E-state index contributed by atoms with van der Waals surface area (Å²) in [6.07, 6.45) is 1.67. The van der Waals surface area contributed by atoms with Crippen LogP contribution in [-0.2, 0) is 6.54 Å². The molecule has 0 fully saturated rings. The van der Waals surface area contributed by atoms with Crippen molar-refractivity contribution in [2.75, 3.05) is 42.2 Å². The summed E-state index contributed by atoms with van der Waals surface area (Å²) in [7, 11) is 7.81. The molecule has 0 amide bonds. The lowest BCUT2D eigenvalue weighted by molar-refractivity contribution is 0.276. The van der Waals surface area contributed by atoms with E-state index >= 15 is 0 Å². The maximum atomic E-state index is 9.59. The molecule has 166 valence electrons. The minimum Gasteiger partial charge on any atom is -0.493 e. The molecule has 0 radical (unpaired) electrons. The molecule has 0 spiro atoms. The predicted octanol–water partition coefficient (Wildman–Crippen LogP) is 3.54. The highest BCUT2D eigenvalue weighted by atomic mass is 32.1. The van der Waals surface area contributed by atoms with E-state index in [4.69, 9.17) is 23.7 Å². The summed E-state index contributed by atoms with van der Waals surface area (Å²) in [5.41, 5.74) is 2.95. The van der Waals surface area contributed by atoms with Crippen LogP contribution in [0.15, 0.2) is 35.5 Å². The molecule has 1 heterocycles. The van der Waals surface area contributed by atoms with Crippen LogP contribution in [0.5, 0.6) is 28.7 Å². The average molecular weight is 447 g/mol. The summed E-state index contributed by atoms with van der Waals surface area (Å²) in [6.45, 7) is 0.307. The number of hydrogen-bond donors (Lipinski definition) is 2. The fourth-order valence-electron chi connectivity index (χ4n) is 3.48. The first-order valence-electron chi connectivity index (χ1n) is 9.45. The van der Waals surface area contributed by atoms with Crippen molar-refractivity contribution >= 4 is 12.6 Å². The van der Waals surface area contributed by atoms with Gasteiger partial charge in [-0.15, -0.1) is 12.6 Å². The highest BCUT2D eigenvalue weighted by Crippen LogP contribution is 2.46. The largest absolute Gasteiger partial charge is 0.493 e. The number of methoxy groups -OCH3 is 5. The molecule has 1 N–H and O–H groups in total. The van der Waals surface area contributed by atoms with Crippen molar-refractivity contribution in [2.45, 2.75) is 11.4 Å². The molecule has 0 atom stereocenters. The first-order valence-corrected chi connectivity index (χ1v) is 9.89. The Morgan fingerprint density at radius 1 is 0.871 bits per heavy atom. The molecule has 0 aliphatic rings. The third kappa shape index (κ3) is 4.11. The summed E-state index contributed by atoms with van der Waals surface area (Å²) in [4.78, 5) is 5.21. The van der Waals surface area contributed by atoms with Gasteiger partial charge in [0.1, 0.15) is 0 Å². The Labute approximate surface area is 186 Å². The number of aliphatic hydroxyl groups is 1. The molecular formula is C22H26N2O6S. The summed E-state index contributed by atoms with van der Waals surface area (Å²) < 4.78 is 29.2. The van der Waals surface area contributed by atoms with Crippen LogP contribution in [0, 0.1) is 0 Å². The molecule has 1 aromatic heterocycles. The summed E-state index contributed by atoms with van der Waals surface area (Å²) in [5, 5.41) is 9.59. The molecule has 0 saturated carbocycles. The van der Waals surface area contributed by atoms with E-state index < -0.39 is 0 Å². The van der Waals surface area contributed by atoms with Gasteiger partial charge in [-0.3, -0.25) is 0 Å². The van der Waals surface area contributed by atoms with Gasteiger partial charge in [-0.05, 0) is 24.3 Å². The fourth-order valence-corrected chi connectivity index (χ4v) is 3.86. The molecule has 31 heavy (non-hydrogen) atoms. The minimum atomic E-state index is -0.0487. The Hall–Kier alpha value is -3.04. The van der Waals surface area contributed by atoms with Crippen LogP contribution in [-0.4, -0.2) is 56.8 Å². The average Bonchev–Trinajstić information content (AvgIpc) is 3.21. The Bertz CT molecular complexity index is 1040. The van der Waals surface area contributed by atoms with Crippen LogP contribution in [0.3, 0.4) is 0 Å². The zero-order valence-corrected chi connectivity index (χ0v) is 19.0. The molecule has 9 heteroatoms. The first-order chi connectivity index (χ1) is 15.0. The highest BCUT2D eigenvalue weighted by Gasteiger charge is 2.23. The molecule has 0 saturated heterocycles. The lowest BCUT2D eigenvalue weighted by atomic mass is 10.0. The topological polar surface area (TPSA) is 84.2 Å². The third-order valence-electron chi connectivity index (χ3n) is 4.89. The normalized spacial score (nSPS) is 10.7. The molecule has 0 aliphatic heterocycles. The SMILES string of the molecule is COc1cc(-c2c(-c3ccc(OC)c(OC)c3S)ncn2CCO)cc(OC)c1OC.